The van der Waals surface area contributed by atoms with Crippen molar-refractivity contribution in [3.05, 3.63) is 11.6 Å². The Kier molecular flexibility index (Phi) is 5.84. The first-order chi connectivity index (χ1) is 10.8. The molecular weight excluding hydrogens is 300 g/mol. The SMILES string of the molecule is CC=C(C)C(=O)O[C@H]1CCC[C@@H]2[C@@H](O)[C@H](O)[C@@H](CCC)O[C@]12O. The summed E-state index contributed by atoms with van der Waals surface area (Å²) >= 11 is 0. The van der Waals surface area contributed by atoms with Gasteiger partial charge in [0.2, 0.25) is 5.79 Å². The molecule has 6 nitrogen and oxygen atoms in total. The first-order valence-corrected chi connectivity index (χ1v) is 8.45. The van der Waals surface area contributed by atoms with Crippen LogP contribution in [0, 0.1) is 5.92 Å². The molecule has 132 valence electrons. The monoisotopic (exact) mass is 328 g/mol. The Balaban J connectivity index is 2.23. The zero-order chi connectivity index (χ0) is 17.2. The van der Waals surface area contributed by atoms with Crippen molar-refractivity contribution in [3.63, 3.8) is 0 Å². The van der Waals surface area contributed by atoms with E-state index in [4.69, 9.17) is 9.47 Å². The van der Waals surface area contributed by atoms with Crippen LogP contribution in [0.25, 0.3) is 0 Å². The van der Waals surface area contributed by atoms with Gasteiger partial charge in [-0.2, -0.15) is 0 Å². The Morgan fingerprint density at radius 3 is 2.65 bits per heavy atom. The molecule has 0 unspecified atom stereocenters. The van der Waals surface area contributed by atoms with E-state index < -0.39 is 42.1 Å². The number of rotatable bonds is 4. The standard InChI is InChI=1S/C17H28O6/c1-4-7-12-15(19)14(18)11-8-6-9-13(17(11,21)23-12)22-16(20)10(3)5-2/h5,11-15,18-19,21H,4,6-9H2,1-3H3/t11-,12-,13+,14-,15-,17+/m1/s1. The van der Waals surface area contributed by atoms with Gasteiger partial charge in [-0.05, 0) is 39.5 Å². The van der Waals surface area contributed by atoms with Crippen LogP contribution in [0.15, 0.2) is 11.6 Å². The van der Waals surface area contributed by atoms with E-state index in [0.717, 1.165) is 6.42 Å². The molecule has 0 bridgehead atoms. The number of aliphatic hydroxyl groups excluding tert-OH is 2. The zero-order valence-electron chi connectivity index (χ0n) is 14.1. The normalized spacial score (nSPS) is 41.3. The number of hydrogen-bond donors (Lipinski definition) is 3. The number of carbonyl (C=O) groups is 1. The van der Waals surface area contributed by atoms with E-state index >= 15 is 0 Å². The van der Waals surface area contributed by atoms with Gasteiger partial charge in [-0.1, -0.05) is 19.4 Å². The lowest BCUT2D eigenvalue weighted by Gasteiger charge is -2.53. The molecule has 3 N–H and O–H groups in total. The maximum Gasteiger partial charge on any atom is 0.333 e. The Morgan fingerprint density at radius 2 is 2.04 bits per heavy atom. The van der Waals surface area contributed by atoms with E-state index in [1.54, 1.807) is 19.9 Å². The van der Waals surface area contributed by atoms with Crippen molar-refractivity contribution in [1.82, 2.24) is 0 Å². The van der Waals surface area contributed by atoms with Crippen LogP contribution in [0.1, 0.15) is 52.9 Å². The van der Waals surface area contributed by atoms with Crippen LogP contribution in [0.3, 0.4) is 0 Å². The highest BCUT2D eigenvalue weighted by molar-refractivity contribution is 5.87. The molecule has 1 aliphatic heterocycles. The summed E-state index contributed by atoms with van der Waals surface area (Å²) in [6.45, 7) is 5.32. The molecule has 1 saturated heterocycles. The molecule has 0 radical (unpaired) electrons. The highest BCUT2D eigenvalue weighted by Gasteiger charge is 2.59. The first kappa shape index (κ1) is 18.4. The van der Waals surface area contributed by atoms with Crippen LogP contribution in [0.2, 0.25) is 0 Å². The van der Waals surface area contributed by atoms with Crippen molar-refractivity contribution in [2.75, 3.05) is 0 Å². The molecule has 0 aromatic carbocycles. The molecule has 6 atom stereocenters. The van der Waals surface area contributed by atoms with Gasteiger partial charge in [0, 0.05) is 11.5 Å². The minimum Gasteiger partial charge on any atom is -0.453 e. The van der Waals surface area contributed by atoms with Gasteiger partial charge in [0.15, 0.2) is 6.10 Å². The van der Waals surface area contributed by atoms with Crippen molar-refractivity contribution in [2.24, 2.45) is 5.92 Å². The van der Waals surface area contributed by atoms with Crippen LogP contribution in [0.4, 0.5) is 0 Å². The van der Waals surface area contributed by atoms with Crippen molar-refractivity contribution < 1.29 is 29.6 Å². The summed E-state index contributed by atoms with van der Waals surface area (Å²) in [6.07, 6.45) is 0.948. The second-order valence-electron chi connectivity index (χ2n) is 6.58. The predicted molar refractivity (Wildman–Crippen MR) is 83.4 cm³/mol. The van der Waals surface area contributed by atoms with Crippen molar-refractivity contribution in [3.8, 4) is 0 Å². The summed E-state index contributed by atoms with van der Waals surface area (Å²) in [5, 5.41) is 31.7. The maximum atomic E-state index is 12.0. The fourth-order valence-corrected chi connectivity index (χ4v) is 3.52. The van der Waals surface area contributed by atoms with Crippen LogP contribution >= 0.6 is 0 Å². The quantitative estimate of drug-likeness (QED) is 0.531. The third kappa shape index (κ3) is 3.45. The van der Waals surface area contributed by atoms with E-state index in [9.17, 15) is 20.1 Å². The van der Waals surface area contributed by atoms with Gasteiger partial charge >= 0.3 is 5.97 Å². The van der Waals surface area contributed by atoms with Gasteiger partial charge in [0.25, 0.3) is 0 Å². The molecule has 23 heavy (non-hydrogen) atoms. The Bertz CT molecular complexity index is 460. The first-order valence-electron chi connectivity index (χ1n) is 8.45. The molecule has 1 saturated carbocycles. The van der Waals surface area contributed by atoms with Gasteiger partial charge in [-0.3, -0.25) is 0 Å². The number of carbonyl (C=O) groups excluding carboxylic acids is 1. The maximum absolute atomic E-state index is 12.0. The number of aliphatic hydroxyl groups is 3. The average Bonchev–Trinajstić information content (AvgIpc) is 2.53. The molecule has 0 spiro atoms. The molecular formula is C17H28O6. The Labute approximate surface area is 137 Å². The second kappa shape index (κ2) is 7.30. The van der Waals surface area contributed by atoms with Crippen molar-refractivity contribution >= 4 is 5.97 Å². The predicted octanol–water partition coefficient (Wildman–Crippen LogP) is 1.27. The van der Waals surface area contributed by atoms with E-state index in [1.807, 2.05) is 6.92 Å². The summed E-state index contributed by atoms with van der Waals surface area (Å²) in [6, 6.07) is 0. The van der Waals surface area contributed by atoms with E-state index in [1.165, 1.54) is 0 Å². The number of allylic oxidation sites excluding steroid dienone is 1. The molecule has 0 aromatic rings. The number of hydrogen-bond acceptors (Lipinski definition) is 6. The summed E-state index contributed by atoms with van der Waals surface area (Å²) in [5.74, 6) is -2.91. The van der Waals surface area contributed by atoms with Crippen molar-refractivity contribution in [2.45, 2.75) is 83.1 Å². The third-order valence-corrected chi connectivity index (χ3v) is 5.03. The topological polar surface area (TPSA) is 96.2 Å². The zero-order valence-corrected chi connectivity index (χ0v) is 14.1. The summed E-state index contributed by atoms with van der Waals surface area (Å²) in [5.41, 5.74) is 0.456. The average molecular weight is 328 g/mol. The molecule has 0 amide bonds. The molecule has 1 heterocycles. The third-order valence-electron chi connectivity index (χ3n) is 5.03. The molecule has 2 rings (SSSR count). The van der Waals surface area contributed by atoms with Gasteiger partial charge in [0.1, 0.15) is 6.10 Å². The number of esters is 1. The lowest BCUT2D eigenvalue weighted by atomic mass is 9.73. The van der Waals surface area contributed by atoms with E-state index in [0.29, 0.717) is 31.3 Å². The van der Waals surface area contributed by atoms with Crippen LogP contribution in [0.5, 0.6) is 0 Å². The number of fused-ring (bicyclic) bond motifs is 1. The smallest absolute Gasteiger partial charge is 0.333 e. The minimum absolute atomic E-state index is 0.456. The molecule has 6 heteroatoms. The number of ether oxygens (including phenoxy) is 2. The van der Waals surface area contributed by atoms with Gasteiger partial charge < -0.3 is 24.8 Å². The highest BCUT2D eigenvalue weighted by atomic mass is 16.7. The van der Waals surface area contributed by atoms with Crippen LogP contribution in [-0.4, -0.2) is 51.5 Å². The molecule has 0 aromatic heterocycles. The molecule has 2 fully saturated rings. The second-order valence-corrected chi connectivity index (χ2v) is 6.58. The van der Waals surface area contributed by atoms with E-state index in [2.05, 4.69) is 0 Å². The summed E-state index contributed by atoms with van der Waals surface area (Å²) < 4.78 is 11.2. The van der Waals surface area contributed by atoms with E-state index in [-0.39, 0.29) is 0 Å². The van der Waals surface area contributed by atoms with Crippen LogP contribution < -0.4 is 0 Å². The van der Waals surface area contributed by atoms with Gasteiger partial charge in [-0.15, -0.1) is 0 Å². The Morgan fingerprint density at radius 1 is 1.35 bits per heavy atom. The summed E-state index contributed by atoms with van der Waals surface area (Å²) in [4.78, 5) is 12.0. The molecule has 2 aliphatic rings. The lowest BCUT2D eigenvalue weighted by molar-refractivity contribution is -0.371. The van der Waals surface area contributed by atoms with Crippen molar-refractivity contribution in [1.29, 1.82) is 0 Å². The Hall–Kier alpha value is -0.950. The largest absolute Gasteiger partial charge is 0.453 e. The summed E-state index contributed by atoms with van der Waals surface area (Å²) in [7, 11) is 0. The van der Waals surface area contributed by atoms with Gasteiger partial charge in [-0.25, -0.2) is 4.79 Å². The fraction of sp³-hybridized carbons (Fsp3) is 0.824. The highest BCUT2D eigenvalue weighted by Crippen LogP contribution is 2.45. The van der Waals surface area contributed by atoms with Gasteiger partial charge in [0.05, 0.1) is 12.2 Å². The van der Waals surface area contributed by atoms with Crippen LogP contribution in [-0.2, 0) is 14.3 Å². The minimum atomic E-state index is -1.75. The molecule has 1 aliphatic carbocycles. The lowest BCUT2D eigenvalue weighted by Crippen LogP contribution is -2.67. The fourth-order valence-electron chi connectivity index (χ4n) is 3.52.